The second-order valence-electron chi connectivity index (χ2n) is 6.13. The number of rotatable bonds is 5. The summed E-state index contributed by atoms with van der Waals surface area (Å²) in [6.07, 6.45) is 2.61. The van der Waals surface area contributed by atoms with Gasteiger partial charge in [0.15, 0.2) is 0 Å². The number of nitrogens with zero attached hydrogens (tertiary/aromatic N) is 2. The lowest BCUT2D eigenvalue weighted by Crippen LogP contribution is -2.44. The minimum absolute atomic E-state index is 0.364. The number of halogens is 1. The maximum atomic E-state index is 12.7. The molecule has 6 heteroatoms. The number of aryl methyl sites for hydroxylation is 1. The summed E-state index contributed by atoms with van der Waals surface area (Å²) in [7, 11) is 0. The van der Waals surface area contributed by atoms with E-state index in [2.05, 4.69) is 10.4 Å². The third kappa shape index (κ3) is 3.72. The molecule has 2 aromatic rings. The number of imide groups is 1. The number of hydrogen-bond donors (Lipinski definition) is 1. The zero-order chi connectivity index (χ0) is 17.9. The smallest absolute Gasteiger partial charge is 0.322 e. The Morgan fingerprint density at radius 1 is 1.12 bits per heavy atom. The molecule has 1 aliphatic rings. The average molecular weight is 356 g/mol. The monoisotopic (exact) mass is 355 g/mol. The Balaban J connectivity index is 1.72. The molecule has 5 nitrogen and oxygen atoms in total. The van der Waals surface area contributed by atoms with E-state index < -0.39 is 11.6 Å². The summed E-state index contributed by atoms with van der Waals surface area (Å²) in [6, 6.07) is 16.4. The van der Waals surface area contributed by atoms with Crippen LogP contribution in [0.5, 0.6) is 0 Å². The molecular weight excluding hydrogens is 338 g/mol. The summed E-state index contributed by atoms with van der Waals surface area (Å²) >= 11 is 6.06. The van der Waals surface area contributed by atoms with Crippen LogP contribution in [0, 0.1) is 0 Å². The van der Waals surface area contributed by atoms with Crippen molar-refractivity contribution in [1.82, 2.24) is 10.3 Å². The molecule has 25 heavy (non-hydrogen) atoms. The van der Waals surface area contributed by atoms with E-state index in [1.807, 2.05) is 36.4 Å². The number of carbonyl (C=O) groups excluding carboxylic acids is 2. The predicted octanol–water partition coefficient (Wildman–Crippen LogP) is 3.62. The van der Waals surface area contributed by atoms with Crippen molar-refractivity contribution >= 4 is 29.8 Å². The van der Waals surface area contributed by atoms with Crippen molar-refractivity contribution in [3.8, 4) is 0 Å². The van der Waals surface area contributed by atoms with E-state index in [1.165, 1.54) is 6.21 Å². The van der Waals surface area contributed by atoms with Gasteiger partial charge in [-0.05, 0) is 31.4 Å². The normalized spacial score (nSPS) is 20.3. The van der Waals surface area contributed by atoms with E-state index in [9.17, 15) is 9.59 Å². The molecule has 128 valence electrons. The molecule has 0 aliphatic carbocycles. The second-order valence-corrected chi connectivity index (χ2v) is 6.54. The number of urea groups is 1. The number of hydrazone groups is 1. The predicted molar refractivity (Wildman–Crippen MR) is 97.6 cm³/mol. The molecule has 0 bridgehead atoms. The first-order valence-corrected chi connectivity index (χ1v) is 8.36. The van der Waals surface area contributed by atoms with E-state index in [1.54, 1.807) is 25.1 Å². The number of hydrogen-bond acceptors (Lipinski definition) is 3. The van der Waals surface area contributed by atoms with E-state index >= 15 is 0 Å². The van der Waals surface area contributed by atoms with Gasteiger partial charge in [0.05, 0.1) is 6.21 Å². The van der Waals surface area contributed by atoms with Gasteiger partial charge in [0.2, 0.25) is 0 Å². The number of carbonyl (C=O) groups is 2. The first-order chi connectivity index (χ1) is 12.0. The van der Waals surface area contributed by atoms with E-state index in [-0.39, 0.29) is 5.91 Å². The molecule has 1 heterocycles. The summed E-state index contributed by atoms with van der Waals surface area (Å²) in [5.41, 5.74) is 0.788. The van der Waals surface area contributed by atoms with Gasteiger partial charge in [-0.15, -0.1) is 5.01 Å². The van der Waals surface area contributed by atoms with Crippen LogP contribution in [0.2, 0.25) is 5.02 Å². The van der Waals surface area contributed by atoms with Crippen molar-refractivity contribution in [3.05, 3.63) is 70.7 Å². The molecule has 1 N–H and O–H groups in total. The highest BCUT2D eigenvalue weighted by atomic mass is 35.5. The van der Waals surface area contributed by atoms with E-state index in [0.29, 0.717) is 23.4 Å². The number of nitrogens with one attached hydrogen (secondary N) is 1. The molecule has 0 unspecified atom stereocenters. The van der Waals surface area contributed by atoms with Gasteiger partial charge in [-0.2, -0.15) is 5.10 Å². The van der Waals surface area contributed by atoms with Gasteiger partial charge in [0.1, 0.15) is 5.54 Å². The van der Waals surface area contributed by atoms with E-state index in [4.69, 9.17) is 11.6 Å². The minimum Gasteiger partial charge on any atom is -0.322 e. The van der Waals surface area contributed by atoms with Crippen LogP contribution in [-0.4, -0.2) is 28.7 Å². The third-order valence-electron chi connectivity index (χ3n) is 4.21. The molecule has 1 atom stereocenters. The van der Waals surface area contributed by atoms with Crippen LogP contribution in [0.25, 0.3) is 0 Å². The summed E-state index contributed by atoms with van der Waals surface area (Å²) in [4.78, 5) is 24.8. The maximum absolute atomic E-state index is 12.7. The molecule has 1 fully saturated rings. The van der Waals surface area contributed by atoms with Crippen molar-refractivity contribution in [1.29, 1.82) is 0 Å². The maximum Gasteiger partial charge on any atom is 0.346 e. The highest BCUT2D eigenvalue weighted by Crippen LogP contribution is 2.24. The highest BCUT2D eigenvalue weighted by Gasteiger charge is 2.47. The van der Waals surface area contributed by atoms with Crippen molar-refractivity contribution in [2.45, 2.75) is 25.3 Å². The lowest BCUT2D eigenvalue weighted by Gasteiger charge is -2.20. The molecule has 0 saturated carbocycles. The summed E-state index contributed by atoms with van der Waals surface area (Å²) in [5.74, 6) is -0.364. The Labute approximate surface area is 151 Å². The molecule has 1 aliphatic heterocycles. The minimum atomic E-state index is -0.968. The Kier molecular flexibility index (Phi) is 4.86. The molecule has 0 aromatic heterocycles. The van der Waals surface area contributed by atoms with Crippen LogP contribution in [-0.2, 0) is 11.2 Å². The Morgan fingerprint density at radius 3 is 2.52 bits per heavy atom. The summed E-state index contributed by atoms with van der Waals surface area (Å²) in [6.45, 7) is 1.72. The van der Waals surface area contributed by atoms with Crippen LogP contribution < -0.4 is 5.32 Å². The van der Waals surface area contributed by atoms with Gasteiger partial charge >= 0.3 is 6.03 Å². The quantitative estimate of drug-likeness (QED) is 0.657. The lowest BCUT2D eigenvalue weighted by molar-refractivity contribution is -0.130. The first-order valence-electron chi connectivity index (χ1n) is 7.99. The van der Waals surface area contributed by atoms with Gasteiger partial charge in [-0.1, -0.05) is 60.1 Å². The van der Waals surface area contributed by atoms with Gasteiger partial charge in [-0.3, -0.25) is 4.79 Å². The van der Waals surface area contributed by atoms with Crippen LogP contribution in [0.1, 0.15) is 24.5 Å². The standard InChI is InChI=1S/C19H18ClN3O2/c1-19(12-11-14-7-3-2-4-8-14)17(24)23(18(25)22-19)21-13-15-9-5-6-10-16(15)20/h2-10,13H,11-12H2,1H3,(H,22,25)/b21-13-/t19-/m1/s1. The van der Waals surface area contributed by atoms with Gasteiger partial charge < -0.3 is 5.32 Å². The largest absolute Gasteiger partial charge is 0.346 e. The van der Waals surface area contributed by atoms with Gasteiger partial charge in [0, 0.05) is 10.6 Å². The SMILES string of the molecule is C[C@]1(CCc2ccccc2)NC(=O)N(/N=C\c2ccccc2Cl)C1=O. The van der Waals surface area contributed by atoms with Crippen LogP contribution in [0.4, 0.5) is 4.79 Å². The zero-order valence-electron chi connectivity index (χ0n) is 13.8. The summed E-state index contributed by atoms with van der Waals surface area (Å²) < 4.78 is 0. The van der Waals surface area contributed by atoms with Crippen molar-refractivity contribution in [2.24, 2.45) is 5.10 Å². The molecule has 1 saturated heterocycles. The molecule has 3 rings (SSSR count). The highest BCUT2D eigenvalue weighted by molar-refractivity contribution is 6.33. The number of amides is 3. The Bertz CT molecular complexity index is 822. The van der Waals surface area contributed by atoms with Crippen LogP contribution in [0.15, 0.2) is 59.7 Å². The molecule has 0 radical (unpaired) electrons. The molecule has 2 aromatic carbocycles. The van der Waals surface area contributed by atoms with Crippen LogP contribution >= 0.6 is 11.6 Å². The van der Waals surface area contributed by atoms with E-state index in [0.717, 1.165) is 10.6 Å². The first kappa shape index (κ1) is 17.2. The Hall–Kier alpha value is -2.66. The second kappa shape index (κ2) is 7.07. The fourth-order valence-electron chi connectivity index (χ4n) is 2.68. The molecular formula is C19H18ClN3O2. The van der Waals surface area contributed by atoms with Crippen LogP contribution in [0.3, 0.4) is 0 Å². The van der Waals surface area contributed by atoms with Gasteiger partial charge in [0.25, 0.3) is 5.91 Å². The summed E-state index contributed by atoms with van der Waals surface area (Å²) in [5, 5.41) is 8.15. The van der Waals surface area contributed by atoms with Crippen molar-refractivity contribution in [3.63, 3.8) is 0 Å². The third-order valence-corrected chi connectivity index (χ3v) is 4.56. The average Bonchev–Trinajstić information content (AvgIpc) is 2.83. The number of benzene rings is 2. The fourth-order valence-corrected chi connectivity index (χ4v) is 2.87. The van der Waals surface area contributed by atoms with Gasteiger partial charge in [-0.25, -0.2) is 4.79 Å². The van der Waals surface area contributed by atoms with Crippen molar-refractivity contribution < 1.29 is 9.59 Å². The fraction of sp³-hybridized carbons (Fsp3) is 0.211. The molecule has 0 spiro atoms. The van der Waals surface area contributed by atoms with Crippen molar-refractivity contribution in [2.75, 3.05) is 0 Å². The topological polar surface area (TPSA) is 61.8 Å². The zero-order valence-corrected chi connectivity index (χ0v) is 14.5. The lowest BCUT2D eigenvalue weighted by atomic mass is 9.93. The molecule has 3 amide bonds. The Morgan fingerprint density at radius 2 is 1.80 bits per heavy atom.